The van der Waals surface area contributed by atoms with Gasteiger partial charge in [0.05, 0.1) is 0 Å². The first kappa shape index (κ1) is 8.49. The Bertz CT molecular complexity index is 636. The molecule has 3 rings (SSSR count). The third-order valence-corrected chi connectivity index (χ3v) is 2.81. The molecule has 0 N–H and O–H groups in total. The maximum atomic E-state index is 3.31. The van der Waals surface area contributed by atoms with Crippen molar-refractivity contribution in [1.29, 1.82) is 0 Å². The Morgan fingerprint density at radius 2 is 1.80 bits per heavy atom. The van der Waals surface area contributed by atoms with Crippen molar-refractivity contribution in [3.8, 4) is 0 Å². The van der Waals surface area contributed by atoms with Crippen molar-refractivity contribution in [3.05, 3.63) is 60.2 Å². The van der Waals surface area contributed by atoms with E-state index in [9.17, 15) is 0 Å². The van der Waals surface area contributed by atoms with Gasteiger partial charge >= 0.3 is 0 Å². The van der Waals surface area contributed by atoms with E-state index >= 15 is 0 Å². The van der Waals surface area contributed by atoms with Crippen LogP contribution in [0.15, 0.2) is 48.5 Å². The van der Waals surface area contributed by atoms with Gasteiger partial charge < -0.3 is 0 Å². The van der Waals surface area contributed by atoms with Crippen LogP contribution in [0, 0.1) is 13.0 Å². The van der Waals surface area contributed by atoms with Crippen molar-refractivity contribution >= 4 is 21.5 Å². The molecule has 0 fully saturated rings. The Labute approximate surface area is 89.2 Å². The Hall–Kier alpha value is -1.82. The van der Waals surface area contributed by atoms with Crippen molar-refractivity contribution in [2.45, 2.75) is 6.92 Å². The number of fused-ring (bicyclic) bond motifs is 3. The molecule has 3 aromatic carbocycles. The minimum atomic E-state index is 1.19. The average molecular weight is 191 g/mol. The maximum absolute atomic E-state index is 3.31. The van der Waals surface area contributed by atoms with E-state index in [4.69, 9.17) is 0 Å². The summed E-state index contributed by atoms with van der Waals surface area (Å²) in [5.41, 5.74) is 1.30. The second-order valence-electron chi connectivity index (χ2n) is 3.92. The van der Waals surface area contributed by atoms with Crippen LogP contribution in [-0.4, -0.2) is 0 Å². The molecule has 15 heavy (non-hydrogen) atoms. The molecule has 0 aliphatic heterocycles. The fourth-order valence-electron chi connectivity index (χ4n) is 2.03. The number of hydrogen-bond acceptors (Lipinski definition) is 0. The van der Waals surface area contributed by atoms with Crippen LogP contribution in [0.25, 0.3) is 21.5 Å². The molecule has 0 heterocycles. The number of hydrogen-bond donors (Lipinski definition) is 0. The highest BCUT2D eigenvalue weighted by atomic mass is 14.0. The number of rotatable bonds is 0. The molecular weight excluding hydrogens is 180 g/mol. The Balaban J connectivity index is 2.57. The lowest BCUT2D eigenvalue weighted by molar-refractivity contribution is 1.51. The summed E-state index contributed by atoms with van der Waals surface area (Å²) in [6.07, 6.45) is 0. The maximum Gasteiger partial charge on any atom is -0.00926 e. The Morgan fingerprint density at radius 1 is 0.933 bits per heavy atom. The van der Waals surface area contributed by atoms with Crippen molar-refractivity contribution in [2.24, 2.45) is 0 Å². The van der Waals surface area contributed by atoms with Gasteiger partial charge in [0, 0.05) is 0 Å². The minimum Gasteiger partial charge on any atom is -0.0616 e. The highest BCUT2D eigenvalue weighted by molar-refractivity contribution is 6.07. The predicted molar refractivity (Wildman–Crippen MR) is 65.0 cm³/mol. The first-order valence-corrected chi connectivity index (χ1v) is 5.14. The lowest BCUT2D eigenvalue weighted by atomic mass is 10.0. The molecule has 0 aliphatic rings. The van der Waals surface area contributed by atoms with Gasteiger partial charge in [0.25, 0.3) is 0 Å². The predicted octanol–water partition coefficient (Wildman–Crippen LogP) is 4.10. The fraction of sp³-hybridized carbons (Fsp3) is 0.0667. The summed E-state index contributed by atoms with van der Waals surface area (Å²) in [6.45, 7) is 2.13. The third-order valence-electron chi connectivity index (χ3n) is 2.81. The molecule has 0 saturated heterocycles. The van der Waals surface area contributed by atoms with Crippen LogP contribution in [0.3, 0.4) is 0 Å². The first-order valence-electron chi connectivity index (χ1n) is 5.14. The fourth-order valence-corrected chi connectivity index (χ4v) is 2.03. The van der Waals surface area contributed by atoms with Crippen molar-refractivity contribution in [3.63, 3.8) is 0 Å². The molecule has 0 saturated carbocycles. The van der Waals surface area contributed by atoms with Crippen LogP contribution in [0.2, 0.25) is 0 Å². The molecule has 3 aromatic rings. The molecule has 0 heteroatoms. The van der Waals surface area contributed by atoms with Crippen LogP contribution in [0.1, 0.15) is 5.56 Å². The van der Waals surface area contributed by atoms with Gasteiger partial charge in [-0.2, -0.15) is 0 Å². The largest absolute Gasteiger partial charge is 0.0616 e. The lowest BCUT2D eigenvalue weighted by Crippen LogP contribution is -1.79. The van der Waals surface area contributed by atoms with Crippen LogP contribution in [0.5, 0.6) is 0 Å². The van der Waals surface area contributed by atoms with E-state index in [1.807, 2.05) is 0 Å². The molecule has 0 bridgehead atoms. The second-order valence-corrected chi connectivity index (χ2v) is 3.92. The van der Waals surface area contributed by atoms with E-state index in [-0.39, 0.29) is 0 Å². The normalized spacial score (nSPS) is 11.0. The molecule has 0 amide bonds. The zero-order chi connectivity index (χ0) is 10.3. The minimum absolute atomic E-state index is 1.19. The summed E-state index contributed by atoms with van der Waals surface area (Å²) in [7, 11) is 0. The van der Waals surface area contributed by atoms with Crippen LogP contribution < -0.4 is 0 Å². The van der Waals surface area contributed by atoms with E-state index < -0.39 is 0 Å². The third kappa shape index (κ3) is 1.30. The van der Waals surface area contributed by atoms with E-state index in [0.29, 0.717) is 0 Å². The molecular formula is C15H11. The van der Waals surface area contributed by atoms with Crippen molar-refractivity contribution < 1.29 is 0 Å². The Kier molecular flexibility index (Phi) is 1.75. The second kappa shape index (κ2) is 3.09. The molecule has 0 atom stereocenters. The van der Waals surface area contributed by atoms with Crippen molar-refractivity contribution in [1.82, 2.24) is 0 Å². The highest BCUT2D eigenvalue weighted by Crippen LogP contribution is 2.25. The number of benzene rings is 3. The standard InChI is InChI=1S/C15H11/c1-11-6-7-13-9-8-12-4-2-3-5-14(12)15(13)10-11/h2-7,9-10H,1H3. The van der Waals surface area contributed by atoms with Gasteiger partial charge in [0.15, 0.2) is 0 Å². The molecule has 0 aliphatic carbocycles. The van der Waals surface area contributed by atoms with Gasteiger partial charge in [-0.05, 0) is 40.6 Å². The molecule has 0 nitrogen and oxygen atoms in total. The number of aryl methyl sites for hydroxylation is 1. The summed E-state index contributed by atoms with van der Waals surface area (Å²) in [6, 6.07) is 20.3. The summed E-state index contributed by atoms with van der Waals surface area (Å²) in [5.74, 6) is 0. The van der Waals surface area contributed by atoms with Gasteiger partial charge in [0.2, 0.25) is 0 Å². The van der Waals surface area contributed by atoms with E-state index in [2.05, 4.69) is 61.5 Å². The zero-order valence-electron chi connectivity index (χ0n) is 8.62. The molecule has 1 radical (unpaired) electrons. The van der Waals surface area contributed by atoms with Gasteiger partial charge in [-0.1, -0.05) is 48.0 Å². The molecule has 0 unspecified atom stereocenters. The van der Waals surface area contributed by atoms with Gasteiger partial charge in [-0.15, -0.1) is 0 Å². The summed E-state index contributed by atoms with van der Waals surface area (Å²) in [5, 5.41) is 5.07. The van der Waals surface area contributed by atoms with Gasteiger partial charge in [0.1, 0.15) is 0 Å². The molecule has 71 valence electrons. The monoisotopic (exact) mass is 191 g/mol. The Morgan fingerprint density at radius 3 is 2.73 bits per heavy atom. The van der Waals surface area contributed by atoms with E-state index in [0.717, 1.165) is 0 Å². The zero-order valence-corrected chi connectivity index (χ0v) is 8.62. The van der Waals surface area contributed by atoms with E-state index in [1.54, 1.807) is 0 Å². The highest BCUT2D eigenvalue weighted by Gasteiger charge is 1.99. The average Bonchev–Trinajstić information content (AvgIpc) is 2.29. The quantitative estimate of drug-likeness (QED) is 0.469. The summed E-state index contributed by atoms with van der Waals surface area (Å²) >= 11 is 0. The van der Waals surface area contributed by atoms with Gasteiger partial charge in [-0.3, -0.25) is 0 Å². The summed E-state index contributed by atoms with van der Waals surface area (Å²) < 4.78 is 0. The topological polar surface area (TPSA) is 0 Å². The van der Waals surface area contributed by atoms with Gasteiger partial charge in [-0.25, -0.2) is 0 Å². The van der Waals surface area contributed by atoms with Crippen molar-refractivity contribution in [2.75, 3.05) is 0 Å². The van der Waals surface area contributed by atoms with Crippen LogP contribution in [0.4, 0.5) is 0 Å². The van der Waals surface area contributed by atoms with Crippen LogP contribution in [-0.2, 0) is 0 Å². The smallest absolute Gasteiger partial charge is 0.00926 e. The SMILES string of the molecule is Cc1ccc2c[c]c3ccccc3c2c1. The lowest BCUT2D eigenvalue weighted by Gasteiger charge is -2.03. The van der Waals surface area contributed by atoms with Crippen LogP contribution >= 0.6 is 0 Å². The first-order chi connectivity index (χ1) is 7.34. The molecule has 0 aromatic heterocycles. The summed E-state index contributed by atoms with van der Waals surface area (Å²) in [4.78, 5) is 0. The van der Waals surface area contributed by atoms with E-state index in [1.165, 1.54) is 27.1 Å². The molecule has 0 spiro atoms.